The molecule has 0 spiro atoms. The molecular formula is C18H31N3. The largest absolute Gasteiger partial charge is 0.309 e. The summed E-state index contributed by atoms with van der Waals surface area (Å²) in [6, 6.07) is 6.93. The van der Waals surface area contributed by atoms with Crippen LogP contribution in [-0.2, 0) is 13.1 Å². The molecule has 2 heterocycles. The summed E-state index contributed by atoms with van der Waals surface area (Å²) < 4.78 is 0. The average molecular weight is 289 g/mol. The molecule has 3 nitrogen and oxygen atoms in total. The maximum absolute atomic E-state index is 4.79. The van der Waals surface area contributed by atoms with E-state index in [2.05, 4.69) is 49.2 Å². The molecule has 1 N–H and O–H groups in total. The highest BCUT2D eigenvalue weighted by Crippen LogP contribution is 2.22. The monoisotopic (exact) mass is 289 g/mol. The summed E-state index contributed by atoms with van der Waals surface area (Å²) in [5, 5.41) is 3.44. The molecule has 2 rings (SSSR count). The fourth-order valence-corrected chi connectivity index (χ4v) is 3.10. The number of nitrogens with zero attached hydrogens (tertiary/aromatic N) is 2. The molecule has 21 heavy (non-hydrogen) atoms. The predicted octanol–water partition coefficient (Wildman–Crippen LogP) is 3.59. The zero-order chi connectivity index (χ0) is 15.1. The number of aromatic nitrogens is 1. The van der Waals surface area contributed by atoms with Gasteiger partial charge in [-0.1, -0.05) is 39.7 Å². The predicted molar refractivity (Wildman–Crippen MR) is 89.1 cm³/mol. The van der Waals surface area contributed by atoms with Gasteiger partial charge >= 0.3 is 0 Å². The molecule has 3 heteroatoms. The Labute approximate surface area is 130 Å². The molecule has 1 aromatic rings. The number of hydrogen-bond donors (Lipinski definition) is 1. The van der Waals surface area contributed by atoms with E-state index in [4.69, 9.17) is 4.98 Å². The van der Waals surface area contributed by atoms with E-state index in [-0.39, 0.29) is 0 Å². The molecule has 0 aliphatic carbocycles. The van der Waals surface area contributed by atoms with Crippen molar-refractivity contribution in [1.82, 2.24) is 15.2 Å². The van der Waals surface area contributed by atoms with Crippen LogP contribution in [0.15, 0.2) is 18.2 Å². The third-order valence-corrected chi connectivity index (χ3v) is 4.35. The van der Waals surface area contributed by atoms with Crippen molar-refractivity contribution in [2.24, 2.45) is 5.92 Å². The molecule has 0 aromatic carbocycles. The molecule has 1 aliphatic rings. The molecular weight excluding hydrogens is 258 g/mol. The van der Waals surface area contributed by atoms with Crippen molar-refractivity contribution in [3.8, 4) is 0 Å². The minimum absolute atomic E-state index is 0.507. The number of hydrogen-bond acceptors (Lipinski definition) is 3. The Bertz CT molecular complexity index is 409. The van der Waals surface area contributed by atoms with Crippen LogP contribution in [0.4, 0.5) is 0 Å². The van der Waals surface area contributed by atoms with E-state index in [1.54, 1.807) is 0 Å². The lowest BCUT2D eigenvalue weighted by atomic mass is 9.92. The van der Waals surface area contributed by atoms with Crippen molar-refractivity contribution < 1.29 is 0 Å². The second-order valence-corrected chi connectivity index (χ2v) is 6.66. The van der Waals surface area contributed by atoms with Gasteiger partial charge in [-0.2, -0.15) is 0 Å². The Morgan fingerprint density at radius 2 is 1.95 bits per heavy atom. The summed E-state index contributed by atoms with van der Waals surface area (Å²) >= 11 is 0. The van der Waals surface area contributed by atoms with Gasteiger partial charge in [-0.3, -0.25) is 9.88 Å². The van der Waals surface area contributed by atoms with Crippen molar-refractivity contribution in [3.05, 3.63) is 29.6 Å². The summed E-state index contributed by atoms with van der Waals surface area (Å²) in [6.45, 7) is 11.0. The van der Waals surface area contributed by atoms with Gasteiger partial charge in [0.1, 0.15) is 0 Å². The average Bonchev–Trinajstić information content (AvgIpc) is 2.48. The lowest BCUT2D eigenvalue weighted by Gasteiger charge is -2.31. The lowest BCUT2D eigenvalue weighted by molar-refractivity contribution is 0.170. The fraction of sp³-hybridized carbons (Fsp3) is 0.722. The summed E-state index contributed by atoms with van der Waals surface area (Å²) in [7, 11) is 0. The third-order valence-electron chi connectivity index (χ3n) is 4.35. The van der Waals surface area contributed by atoms with Gasteiger partial charge in [-0.25, -0.2) is 0 Å². The first-order valence-electron chi connectivity index (χ1n) is 8.58. The van der Waals surface area contributed by atoms with Gasteiger partial charge in [0.2, 0.25) is 0 Å². The van der Waals surface area contributed by atoms with Crippen molar-refractivity contribution in [2.45, 2.75) is 65.6 Å². The normalized spacial score (nSPS) is 17.5. The van der Waals surface area contributed by atoms with E-state index in [9.17, 15) is 0 Å². The van der Waals surface area contributed by atoms with E-state index in [1.807, 2.05) is 0 Å². The van der Waals surface area contributed by atoms with Gasteiger partial charge in [0.05, 0.1) is 11.4 Å². The molecule has 0 bridgehead atoms. The maximum atomic E-state index is 4.79. The van der Waals surface area contributed by atoms with Crippen LogP contribution in [0.25, 0.3) is 0 Å². The smallest absolute Gasteiger partial charge is 0.0547 e. The van der Waals surface area contributed by atoms with Crippen LogP contribution in [0.5, 0.6) is 0 Å². The van der Waals surface area contributed by atoms with Crippen LogP contribution in [0.2, 0.25) is 0 Å². The van der Waals surface area contributed by atoms with E-state index in [0.717, 1.165) is 24.7 Å². The van der Waals surface area contributed by atoms with Crippen molar-refractivity contribution in [2.75, 3.05) is 13.1 Å². The molecule has 0 atom stereocenters. The van der Waals surface area contributed by atoms with Gasteiger partial charge in [0, 0.05) is 19.1 Å². The highest BCUT2D eigenvalue weighted by Gasteiger charge is 2.18. The van der Waals surface area contributed by atoms with Crippen LogP contribution in [0, 0.1) is 5.92 Å². The Hall–Kier alpha value is -0.930. The standard InChI is InChI=1S/C18H31N3/c1-4-6-16-9-11-21(12-10-16)14-18-8-5-7-17(20-18)13-19-15(2)3/h5,7-8,15-16,19H,4,6,9-14H2,1-3H3. The molecule has 0 amide bonds. The topological polar surface area (TPSA) is 28.2 Å². The molecule has 1 aromatic heterocycles. The zero-order valence-electron chi connectivity index (χ0n) is 13.9. The van der Waals surface area contributed by atoms with E-state index >= 15 is 0 Å². The van der Waals surface area contributed by atoms with Gasteiger partial charge in [0.15, 0.2) is 0 Å². The number of likely N-dealkylation sites (tertiary alicyclic amines) is 1. The third kappa shape index (κ3) is 5.76. The molecule has 1 aliphatic heterocycles. The Morgan fingerprint density at radius 1 is 1.24 bits per heavy atom. The lowest BCUT2D eigenvalue weighted by Crippen LogP contribution is -2.33. The van der Waals surface area contributed by atoms with E-state index in [0.29, 0.717) is 6.04 Å². The Morgan fingerprint density at radius 3 is 2.62 bits per heavy atom. The first-order chi connectivity index (χ1) is 10.2. The number of pyridine rings is 1. The van der Waals surface area contributed by atoms with Gasteiger partial charge < -0.3 is 5.32 Å². The van der Waals surface area contributed by atoms with Crippen LogP contribution in [-0.4, -0.2) is 29.0 Å². The molecule has 0 radical (unpaired) electrons. The van der Waals surface area contributed by atoms with Crippen LogP contribution >= 0.6 is 0 Å². The molecule has 0 unspecified atom stereocenters. The van der Waals surface area contributed by atoms with Gasteiger partial charge in [0.25, 0.3) is 0 Å². The SMILES string of the molecule is CCCC1CCN(Cc2cccc(CNC(C)C)n2)CC1. The second-order valence-electron chi connectivity index (χ2n) is 6.66. The quantitative estimate of drug-likeness (QED) is 0.831. The number of rotatable bonds is 7. The highest BCUT2D eigenvalue weighted by molar-refractivity contribution is 5.11. The summed E-state index contributed by atoms with van der Waals surface area (Å²) in [5.74, 6) is 0.959. The zero-order valence-corrected chi connectivity index (χ0v) is 13.9. The summed E-state index contributed by atoms with van der Waals surface area (Å²) in [5.41, 5.74) is 2.37. The summed E-state index contributed by atoms with van der Waals surface area (Å²) in [6.07, 6.45) is 5.46. The number of nitrogens with one attached hydrogen (secondary N) is 1. The minimum Gasteiger partial charge on any atom is -0.309 e. The fourth-order valence-electron chi connectivity index (χ4n) is 3.10. The van der Waals surface area contributed by atoms with Gasteiger partial charge in [-0.15, -0.1) is 0 Å². The molecule has 1 saturated heterocycles. The van der Waals surface area contributed by atoms with Crippen LogP contribution in [0.1, 0.15) is 57.8 Å². The van der Waals surface area contributed by atoms with Crippen LogP contribution < -0.4 is 5.32 Å². The summed E-state index contributed by atoms with van der Waals surface area (Å²) in [4.78, 5) is 7.35. The number of piperidine rings is 1. The van der Waals surface area contributed by atoms with E-state index in [1.165, 1.54) is 44.5 Å². The molecule has 0 saturated carbocycles. The van der Waals surface area contributed by atoms with Crippen molar-refractivity contribution >= 4 is 0 Å². The minimum atomic E-state index is 0.507. The van der Waals surface area contributed by atoms with Gasteiger partial charge in [-0.05, 0) is 44.0 Å². The molecule has 1 fully saturated rings. The van der Waals surface area contributed by atoms with Crippen molar-refractivity contribution in [1.29, 1.82) is 0 Å². The second kappa shape index (κ2) is 8.50. The first kappa shape index (κ1) is 16.4. The van der Waals surface area contributed by atoms with Crippen molar-refractivity contribution in [3.63, 3.8) is 0 Å². The van der Waals surface area contributed by atoms with Crippen LogP contribution in [0.3, 0.4) is 0 Å². The first-order valence-corrected chi connectivity index (χ1v) is 8.58. The van der Waals surface area contributed by atoms with E-state index < -0.39 is 0 Å². The Kier molecular flexibility index (Phi) is 6.65. The highest BCUT2D eigenvalue weighted by atomic mass is 15.1. The Balaban J connectivity index is 1.81. The maximum Gasteiger partial charge on any atom is 0.0547 e. The molecule has 118 valence electrons.